The summed E-state index contributed by atoms with van der Waals surface area (Å²) >= 11 is 0. The van der Waals surface area contributed by atoms with Crippen molar-refractivity contribution in [3.63, 3.8) is 0 Å². The van der Waals surface area contributed by atoms with Gasteiger partial charge in [0.1, 0.15) is 0 Å². The Kier molecular flexibility index (Phi) is 5.63. The number of hydrogen-bond acceptors (Lipinski definition) is 4. The third-order valence-corrected chi connectivity index (χ3v) is 5.39. The zero-order valence-corrected chi connectivity index (χ0v) is 15.5. The van der Waals surface area contributed by atoms with E-state index in [1.165, 1.54) is 12.1 Å². The molecule has 138 valence electrons. The minimum Gasteiger partial charge on any atom is -0.322 e. The van der Waals surface area contributed by atoms with Gasteiger partial charge >= 0.3 is 0 Å². The lowest BCUT2D eigenvalue weighted by molar-refractivity contribution is 0.102. The molecule has 0 radical (unpaired) electrons. The van der Waals surface area contributed by atoms with Crippen LogP contribution in [0.1, 0.15) is 21.5 Å². The molecule has 6 nitrogen and oxygen atoms in total. The second kappa shape index (κ2) is 8.11. The van der Waals surface area contributed by atoms with E-state index >= 15 is 0 Å². The van der Waals surface area contributed by atoms with E-state index in [0.717, 1.165) is 11.1 Å². The highest BCUT2D eigenvalue weighted by atomic mass is 32.2. The number of sulfonamides is 1. The van der Waals surface area contributed by atoms with E-state index in [0.29, 0.717) is 5.69 Å². The SMILES string of the molecule is Cc1ccccc1NC(=O)c1cccc(S(=O)(=O)NCc2cccnc2)c1. The summed E-state index contributed by atoms with van der Waals surface area (Å²) in [5, 5.41) is 2.80. The van der Waals surface area contributed by atoms with Gasteiger partial charge in [-0.1, -0.05) is 30.3 Å². The zero-order chi connectivity index (χ0) is 19.3. The molecule has 2 N–H and O–H groups in total. The molecule has 0 fully saturated rings. The fourth-order valence-electron chi connectivity index (χ4n) is 2.48. The predicted octanol–water partition coefficient (Wildman–Crippen LogP) is 3.12. The topological polar surface area (TPSA) is 88.2 Å². The number of aryl methyl sites for hydroxylation is 1. The van der Waals surface area contributed by atoms with Crippen molar-refractivity contribution < 1.29 is 13.2 Å². The first kappa shape index (κ1) is 18.8. The zero-order valence-electron chi connectivity index (χ0n) is 14.7. The molecular weight excluding hydrogens is 362 g/mol. The molecule has 1 aromatic heterocycles. The van der Waals surface area contributed by atoms with E-state index in [-0.39, 0.29) is 22.9 Å². The van der Waals surface area contributed by atoms with Crippen molar-refractivity contribution in [1.29, 1.82) is 0 Å². The lowest BCUT2D eigenvalue weighted by Crippen LogP contribution is -2.24. The summed E-state index contributed by atoms with van der Waals surface area (Å²) in [6.45, 7) is 2.01. The van der Waals surface area contributed by atoms with E-state index < -0.39 is 10.0 Å². The Labute approximate surface area is 158 Å². The molecule has 0 aliphatic heterocycles. The Morgan fingerprint density at radius 1 is 1.04 bits per heavy atom. The highest BCUT2D eigenvalue weighted by Crippen LogP contribution is 2.17. The molecule has 0 aliphatic carbocycles. The van der Waals surface area contributed by atoms with E-state index in [1.807, 2.05) is 25.1 Å². The molecule has 0 atom stereocenters. The summed E-state index contributed by atoms with van der Waals surface area (Å²) in [5.41, 5.74) is 2.62. The number of nitrogens with one attached hydrogen (secondary N) is 2. The van der Waals surface area contributed by atoms with Crippen LogP contribution in [0, 0.1) is 6.92 Å². The Balaban J connectivity index is 1.76. The van der Waals surface area contributed by atoms with Gasteiger partial charge < -0.3 is 5.32 Å². The van der Waals surface area contributed by atoms with Crippen LogP contribution >= 0.6 is 0 Å². The number of carbonyl (C=O) groups is 1. The summed E-state index contributed by atoms with van der Waals surface area (Å²) in [5.74, 6) is -0.367. The van der Waals surface area contributed by atoms with E-state index in [1.54, 1.807) is 42.7 Å². The van der Waals surface area contributed by atoms with Crippen molar-refractivity contribution in [3.05, 3.63) is 89.7 Å². The fourth-order valence-corrected chi connectivity index (χ4v) is 3.54. The van der Waals surface area contributed by atoms with E-state index in [9.17, 15) is 13.2 Å². The summed E-state index contributed by atoms with van der Waals surface area (Å²) in [6.07, 6.45) is 3.21. The maximum Gasteiger partial charge on any atom is 0.255 e. The summed E-state index contributed by atoms with van der Waals surface area (Å²) in [4.78, 5) is 16.5. The molecule has 0 spiro atoms. The van der Waals surface area contributed by atoms with Crippen LogP contribution in [-0.2, 0) is 16.6 Å². The molecule has 7 heteroatoms. The molecule has 1 amide bonds. The first-order chi connectivity index (χ1) is 13.0. The van der Waals surface area contributed by atoms with Gasteiger partial charge in [0, 0.05) is 30.2 Å². The van der Waals surface area contributed by atoms with Gasteiger partial charge in [-0.3, -0.25) is 9.78 Å². The number of pyridine rings is 1. The molecule has 27 heavy (non-hydrogen) atoms. The van der Waals surface area contributed by atoms with Crippen molar-refractivity contribution in [3.8, 4) is 0 Å². The highest BCUT2D eigenvalue weighted by molar-refractivity contribution is 7.89. The van der Waals surface area contributed by atoms with Gasteiger partial charge in [-0.2, -0.15) is 0 Å². The molecule has 2 aromatic carbocycles. The number of para-hydroxylation sites is 1. The molecule has 3 aromatic rings. The minimum atomic E-state index is -3.75. The highest BCUT2D eigenvalue weighted by Gasteiger charge is 2.16. The first-order valence-corrected chi connectivity index (χ1v) is 9.80. The average Bonchev–Trinajstić information content (AvgIpc) is 2.69. The lowest BCUT2D eigenvalue weighted by Gasteiger charge is -2.10. The van der Waals surface area contributed by atoms with Crippen molar-refractivity contribution in [2.24, 2.45) is 0 Å². The largest absolute Gasteiger partial charge is 0.322 e. The Morgan fingerprint density at radius 2 is 1.85 bits per heavy atom. The number of anilines is 1. The number of carbonyl (C=O) groups excluding carboxylic acids is 1. The molecule has 0 bridgehead atoms. The van der Waals surface area contributed by atoms with Crippen LogP contribution in [0.4, 0.5) is 5.69 Å². The van der Waals surface area contributed by atoms with Crippen LogP contribution in [0.5, 0.6) is 0 Å². The van der Waals surface area contributed by atoms with Crippen LogP contribution in [0.25, 0.3) is 0 Å². The van der Waals surface area contributed by atoms with Crippen LogP contribution in [0.3, 0.4) is 0 Å². The second-order valence-electron chi connectivity index (χ2n) is 5.98. The summed E-state index contributed by atoms with van der Waals surface area (Å²) < 4.78 is 27.6. The fraction of sp³-hybridized carbons (Fsp3) is 0.100. The van der Waals surface area contributed by atoms with Gasteiger partial charge in [-0.15, -0.1) is 0 Å². The quantitative estimate of drug-likeness (QED) is 0.687. The normalized spacial score (nSPS) is 11.1. The Morgan fingerprint density at radius 3 is 2.59 bits per heavy atom. The smallest absolute Gasteiger partial charge is 0.255 e. The third kappa shape index (κ3) is 4.78. The van der Waals surface area contributed by atoms with Gasteiger partial charge in [0.15, 0.2) is 0 Å². The van der Waals surface area contributed by atoms with Gasteiger partial charge in [-0.25, -0.2) is 13.1 Å². The van der Waals surface area contributed by atoms with Crippen LogP contribution in [0.15, 0.2) is 78.0 Å². The third-order valence-electron chi connectivity index (χ3n) is 3.99. The van der Waals surface area contributed by atoms with Crippen LogP contribution in [-0.4, -0.2) is 19.3 Å². The van der Waals surface area contributed by atoms with Crippen molar-refractivity contribution in [2.75, 3.05) is 5.32 Å². The Hall–Kier alpha value is -3.03. The lowest BCUT2D eigenvalue weighted by atomic mass is 10.1. The molecule has 0 saturated heterocycles. The monoisotopic (exact) mass is 381 g/mol. The van der Waals surface area contributed by atoms with Gasteiger partial charge in [-0.05, 0) is 48.4 Å². The Bertz CT molecular complexity index is 1050. The number of amides is 1. The number of benzene rings is 2. The number of nitrogens with zero attached hydrogens (tertiary/aromatic N) is 1. The van der Waals surface area contributed by atoms with Crippen LogP contribution in [0.2, 0.25) is 0 Å². The van der Waals surface area contributed by atoms with Crippen molar-refractivity contribution >= 4 is 21.6 Å². The number of hydrogen-bond donors (Lipinski definition) is 2. The van der Waals surface area contributed by atoms with Gasteiger partial charge in [0.25, 0.3) is 5.91 Å². The summed E-state index contributed by atoms with van der Waals surface area (Å²) in [6, 6.07) is 16.8. The minimum absolute atomic E-state index is 0.0313. The number of rotatable bonds is 6. The predicted molar refractivity (Wildman–Crippen MR) is 104 cm³/mol. The van der Waals surface area contributed by atoms with Crippen molar-refractivity contribution in [2.45, 2.75) is 18.4 Å². The van der Waals surface area contributed by atoms with E-state index in [4.69, 9.17) is 0 Å². The molecule has 3 rings (SSSR count). The molecule has 0 saturated carbocycles. The molecular formula is C20H19N3O3S. The van der Waals surface area contributed by atoms with E-state index in [2.05, 4.69) is 15.0 Å². The average molecular weight is 381 g/mol. The second-order valence-corrected chi connectivity index (χ2v) is 7.75. The molecule has 1 heterocycles. The first-order valence-electron chi connectivity index (χ1n) is 8.31. The maximum absolute atomic E-state index is 12.5. The van der Waals surface area contributed by atoms with Gasteiger partial charge in [0.05, 0.1) is 4.90 Å². The maximum atomic E-state index is 12.5. The summed E-state index contributed by atoms with van der Waals surface area (Å²) in [7, 11) is -3.75. The van der Waals surface area contributed by atoms with Crippen molar-refractivity contribution in [1.82, 2.24) is 9.71 Å². The molecule has 0 unspecified atom stereocenters. The van der Waals surface area contributed by atoms with Crippen LogP contribution < -0.4 is 10.0 Å². The standard InChI is InChI=1S/C20H19N3O3S/c1-15-6-2-3-10-19(15)23-20(24)17-8-4-9-18(12-17)27(25,26)22-14-16-7-5-11-21-13-16/h2-13,22H,14H2,1H3,(H,23,24). The number of aromatic nitrogens is 1. The van der Waals surface area contributed by atoms with Gasteiger partial charge in [0.2, 0.25) is 10.0 Å². The molecule has 0 aliphatic rings.